The van der Waals surface area contributed by atoms with E-state index in [-0.39, 0.29) is 17.7 Å². The Morgan fingerprint density at radius 3 is 2.90 bits per heavy atom. The maximum Gasteiger partial charge on any atom is 0.227 e. The molecule has 0 radical (unpaired) electrons. The number of ether oxygens (including phenoxy) is 1. The molecule has 20 heavy (non-hydrogen) atoms. The van der Waals surface area contributed by atoms with Gasteiger partial charge < -0.3 is 15.4 Å². The van der Waals surface area contributed by atoms with E-state index in [1.54, 1.807) is 12.1 Å². The average molecular weight is 274 g/mol. The van der Waals surface area contributed by atoms with Gasteiger partial charge in [-0.25, -0.2) is 0 Å². The zero-order valence-electron chi connectivity index (χ0n) is 11.3. The van der Waals surface area contributed by atoms with E-state index in [2.05, 4.69) is 10.6 Å². The number of rotatable bonds is 2. The van der Waals surface area contributed by atoms with Gasteiger partial charge in [-0.05, 0) is 31.0 Å². The fourth-order valence-corrected chi connectivity index (χ4v) is 2.73. The Kier molecular flexibility index (Phi) is 3.58. The summed E-state index contributed by atoms with van der Waals surface area (Å²) >= 11 is 0. The first-order valence-corrected chi connectivity index (χ1v) is 7.10. The van der Waals surface area contributed by atoms with E-state index in [1.165, 1.54) is 0 Å². The minimum atomic E-state index is -0.0666. The molecule has 1 heterocycles. The van der Waals surface area contributed by atoms with Crippen LogP contribution in [0.3, 0.4) is 0 Å². The fourth-order valence-electron chi connectivity index (χ4n) is 2.73. The van der Waals surface area contributed by atoms with Crippen molar-refractivity contribution in [3.05, 3.63) is 18.2 Å². The van der Waals surface area contributed by atoms with Crippen LogP contribution in [0.2, 0.25) is 0 Å². The molecular formula is C15H18N2O3. The van der Waals surface area contributed by atoms with Crippen LogP contribution in [0.5, 0.6) is 5.75 Å². The number of nitrogens with one attached hydrogen (secondary N) is 2. The van der Waals surface area contributed by atoms with E-state index >= 15 is 0 Å². The van der Waals surface area contributed by atoms with Crippen molar-refractivity contribution in [3.8, 4) is 5.75 Å². The van der Waals surface area contributed by atoms with Gasteiger partial charge >= 0.3 is 0 Å². The lowest BCUT2D eigenvalue weighted by Gasteiger charge is -2.13. The van der Waals surface area contributed by atoms with E-state index in [0.29, 0.717) is 30.2 Å². The standard InChI is InChI=1S/C15H18N2O3/c18-14-7-8-20-13-6-5-11(9-12(13)17-14)16-15(19)10-3-1-2-4-10/h5-6,9-10H,1-4,7-8H2,(H,16,19)(H,17,18). The number of carbonyl (C=O) groups is 2. The van der Waals surface area contributed by atoms with Crippen molar-refractivity contribution < 1.29 is 14.3 Å². The number of hydrogen-bond donors (Lipinski definition) is 2. The van der Waals surface area contributed by atoms with Gasteiger partial charge in [-0.2, -0.15) is 0 Å². The third-order valence-electron chi connectivity index (χ3n) is 3.83. The zero-order valence-corrected chi connectivity index (χ0v) is 11.3. The minimum absolute atomic E-state index is 0.0666. The summed E-state index contributed by atoms with van der Waals surface area (Å²) < 4.78 is 5.48. The number of benzene rings is 1. The second-order valence-electron chi connectivity index (χ2n) is 5.33. The van der Waals surface area contributed by atoms with Crippen molar-refractivity contribution in [1.29, 1.82) is 0 Å². The fraction of sp³-hybridized carbons (Fsp3) is 0.467. The first-order chi connectivity index (χ1) is 9.72. The molecule has 1 aliphatic heterocycles. The van der Waals surface area contributed by atoms with Crippen molar-refractivity contribution >= 4 is 23.2 Å². The van der Waals surface area contributed by atoms with Gasteiger partial charge in [0, 0.05) is 11.6 Å². The van der Waals surface area contributed by atoms with Crippen LogP contribution in [0.25, 0.3) is 0 Å². The highest BCUT2D eigenvalue weighted by atomic mass is 16.5. The molecule has 2 aliphatic rings. The smallest absolute Gasteiger partial charge is 0.227 e. The lowest BCUT2D eigenvalue weighted by molar-refractivity contribution is -0.119. The third kappa shape index (κ3) is 2.76. The molecule has 3 rings (SSSR count). The second-order valence-corrected chi connectivity index (χ2v) is 5.33. The zero-order chi connectivity index (χ0) is 13.9. The molecule has 0 unspecified atom stereocenters. The summed E-state index contributed by atoms with van der Waals surface area (Å²) in [5, 5.41) is 5.71. The van der Waals surface area contributed by atoms with Crippen LogP contribution in [0.15, 0.2) is 18.2 Å². The number of carbonyl (C=O) groups excluding carboxylic acids is 2. The van der Waals surface area contributed by atoms with Gasteiger partial charge in [0.2, 0.25) is 11.8 Å². The lowest BCUT2D eigenvalue weighted by atomic mass is 10.1. The number of hydrogen-bond acceptors (Lipinski definition) is 3. The Balaban J connectivity index is 1.74. The first-order valence-electron chi connectivity index (χ1n) is 7.10. The Morgan fingerprint density at radius 1 is 1.30 bits per heavy atom. The van der Waals surface area contributed by atoms with E-state index in [1.807, 2.05) is 6.07 Å². The largest absolute Gasteiger partial charge is 0.491 e. The maximum absolute atomic E-state index is 12.1. The van der Waals surface area contributed by atoms with E-state index in [9.17, 15) is 9.59 Å². The molecule has 1 aromatic carbocycles. The molecule has 5 nitrogen and oxygen atoms in total. The van der Waals surface area contributed by atoms with Crippen molar-refractivity contribution in [2.75, 3.05) is 17.2 Å². The third-order valence-corrected chi connectivity index (χ3v) is 3.83. The van der Waals surface area contributed by atoms with Gasteiger partial charge in [0.05, 0.1) is 18.7 Å². The Hall–Kier alpha value is -2.04. The van der Waals surface area contributed by atoms with Gasteiger partial charge in [-0.15, -0.1) is 0 Å². The van der Waals surface area contributed by atoms with Gasteiger partial charge in [-0.3, -0.25) is 9.59 Å². The molecule has 0 spiro atoms. The normalized spacial score (nSPS) is 18.7. The molecule has 0 aromatic heterocycles. The van der Waals surface area contributed by atoms with Crippen molar-refractivity contribution in [2.24, 2.45) is 5.92 Å². The van der Waals surface area contributed by atoms with Crippen molar-refractivity contribution in [3.63, 3.8) is 0 Å². The van der Waals surface area contributed by atoms with Crippen molar-refractivity contribution in [1.82, 2.24) is 0 Å². The molecule has 1 saturated carbocycles. The van der Waals surface area contributed by atoms with E-state index in [4.69, 9.17) is 4.74 Å². The summed E-state index contributed by atoms with van der Waals surface area (Å²) in [5.41, 5.74) is 1.32. The Labute approximate surface area is 117 Å². The van der Waals surface area contributed by atoms with Gasteiger partial charge in [0.25, 0.3) is 0 Å². The molecule has 5 heteroatoms. The number of anilines is 2. The predicted molar refractivity (Wildman–Crippen MR) is 75.8 cm³/mol. The van der Waals surface area contributed by atoms with Crippen LogP contribution < -0.4 is 15.4 Å². The summed E-state index contributed by atoms with van der Waals surface area (Å²) in [5.74, 6) is 0.778. The molecular weight excluding hydrogens is 256 g/mol. The Morgan fingerprint density at radius 2 is 2.10 bits per heavy atom. The summed E-state index contributed by atoms with van der Waals surface area (Å²) in [4.78, 5) is 23.6. The molecule has 1 aliphatic carbocycles. The summed E-state index contributed by atoms with van der Waals surface area (Å²) in [6.07, 6.45) is 4.55. The molecule has 0 bridgehead atoms. The highest BCUT2D eigenvalue weighted by Gasteiger charge is 2.23. The van der Waals surface area contributed by atoms with E-state index < -0.39 is 0 Å². The highest BCUT2D eigenvalue weighted by Crippen LogP contribution is 2.31. The molecule has 106 valence electrons. The quantitative estimate of drug-likeness (QED) is 0.870. The Bertz CT molecular complexity index is 536. The van der Waals surface area contributed by atoms with Crippen LogP contribution in [-0.2, 0) is 9.59 Å². The molecule has 2 amide bonds. The van der Waals surface area contributed by atoms with Crippen LogP contribution >= 0.6 is 0 Å². The van der Waals surface area contributed by atoms with Crippen LogP contribution in [0, 0.1) is 5.92 Å². The van der Waals surface area contributed by atoms with Crippen molar-refractivity contribution in [2.45, 2.75) is 32.1 Å². The monoisotopic (exact) mass is 274 g/mol. The molecule has 1 fully saturated rings. The van der Waals surface area contributed by atoms with Gasteiger partial charge in [0.1, 0.15) is 5.75 Å². The van der Waals surface area contributed by atoms with Crippen LogP contribution in [0.1, 0.15) is 32.1 Å². The summed E-state index contributed by atoms with van der Waals surface area (Å²) in [7, 11) is 0. The number of fused-ring (bicyclic) bond motifs is 1. The van der Waals surface area contributed by atoms with Gasteiger partial charge in [0.15, 0.2) is 0 Å². The number of amides is 2. The first kappa shape index (κ1) is 13.0. The summed E-state index contributed by atoms with van der Waals surface area (Å²) in [6, 6.07) is 5.35. The SMILES string of the molecule is O=C1CCOc2ccc(NC(=O)C3CCCC3)cc2N1. The van der Waals surface area contributed by atoms with E-state index in [0.717, 1.165) is 25.7 Å². The lowest BCUT2D eigenvalue weighted by Crippen LogP contribution is -2.20. The second kappa shape index (κ2) is 5.53. The minimum Gasteiger partial charge on any atom is -0.491 e. The topological polar surface area (TPSA) is 67.4 Å². The van der Waals surface area contributed by atoms with Crippen LogP contribution in [0.4, 0.5) is 11.4 Å². The average Bonchev–Trinajstić information content (AvgIpc) is 2.89. The predicted octanol–water partition coefficient (Wildman–Crippen LogP) is 2.54. The molecule has 0 saturated heterocycles. The highest BCUT2D eigenvalue weighted by molar-refractivity contribution is 5.96. The molecule has 1 aromatic rings. The van der Waals surface area contributed by atoms with Crippen LogP contribution in [-0.4, -0.2) is 18.4 Å². The maximum atomic E-state index is 12.1. The summed E-state index contributed by atoms with van der Waals surface area (Å²) in [6.45, 7) is 0.382. The molecule has 2 N–H and O–H groups in total. The van der Waals surface area contributed by atoms with Gasteiger partial charge in [-0.1, -0.05) is 12.8 Å². The molecule has 0 atom stereocenters.